The molecule has 2 N–H and O–H groups in total. The van der Waals surface area contributed by atoms with Crippen LogP contribution in [0.3, 0.4) is 0 Å². The average Bonchev–Trinajstić information content (AvgIpc) is 2.95. The summed E-state index contributed by atoms with van der Waals surface area (Å²) in [7, 11) is -3.77. The number of nitrogens with one attached hydrogen (secondary N) is 2. The van der Waals surface area contributed by atoms with Crippen molar-refractivity contribution in [3.63, 3.8) is 0 Å². The first-order chi connectivity index (χ1) is 9.78. The second-order valence-corrected chi connectivity index (χ2v) is 8.33. The maximum Gasteiger partial charge on any atom is 0.270 e. The molecule has 0 aliphatic heterocycles. The Labute approximate surface area is 129 Å². The summed E-state index contributed by atoms with van der Waals surface area (Å²) in [6, 6.07) is 0. The van der Waals surface area contributed by atoms with Crippen LogP contribution in [0.2, 0.25) is 0 Å². The van der Waals surface area contributed by atoms with E-state index in [9.17, 15) is 13.2 Å². The molecule has 11 heteroatoms. The number of thiazole rings is 1. The molecule has 2 heterocycles. The third kappa shape index (κ3) is 4.03. The summed E-state index contributed by atoms with van der Waals surface area (Å²) in [5.41, 5.74) is 0.887. The summed E-state index contributed by atoms with van der Waals surface area (Å²) in [4.78, 5) is 16.2. The van der Waals surface area contributed by atoms with Crippen molar-refractivity contribution in [2.75, 3.05) is 5.32 Å². The number of aromatic nitrogens is 3. The van der Waals surface area contributed by atoms with Crippen LogP contribution in [0.5, 0.6) is 0 Å². The molecule has 0 unspecified atom stereocenters. The number of carbonyl (C=O) groups excluding carboxylic acids is 1. The molecule has 0 saturated heterocycles. The van der Waals surface area contributed by atoms with Gasteiger partial charge in [0.25, 0.3) is 10.0 Å². The first-order valence-electron chi connectivity index (χ1n) is 5.81. The summed E-state index contributed by atoms with van der Waals surface area (Å²) < 4.78 is 26.3. The van der Waals surface area contributed by atoms with Crippen LogP contribution >= 0.6 is 22.7 Å². The van der Waals surface area contributed by atoms with E-state index in [-0.39, 0.29) is 21.9 Å². The number of nitrogens with zero attached hydrogens (tertiary/aromatic N) is 3. The molecule has 0 saturated carbocycles. The fraction of sp³-hybridized carbons (Fsp3) is 0.400. The number of anilines is 1. The van der Waals surface area contributed by atoms with E-state index >= 15 is 0 Å². The average molecular weight is 347 g/mol. The lowest BCUT2D eigenvalue weighted by molar-refractivity contribution is -0.114. The Hall–Kier alpha value is -1.43. The number of hydrogen-bond donors (Lipinski definition) is 2. The highest BCUT2D eigenvalue weighted by atomic mass is 32.2. The smallest absolute Gasteiger partial charge is 0.270 e. The molecule has 8 nitrogen and oxygen atoms in total. The van der Waals surface area contributed by atoms with Gasteiger partial charge in [-0.15, -0.1) is 21.5 Å². The maximum absolute atomic E-state index is 12.1. The number of aryl methyl sites for hydroxylation is 2. The fourth-order valence-electron chi connectivity index (χ4n) is 1.35. The van der Waals surface area contributed by atoms with E-state index < -0.39 is 10.0 Å². The predicted molar refractivity (Wildman–Crippen MR) is 79.8 cm³/mol. The highest BCUT2D eigenvalue weighted by molar-refractivity contribution is 7.91. The molecule has 21 heavy (non-hydrogen) atoms. The van der Waals surface area contributed by atoms with Gasteiger partial charge in [0, 0.05) is 11.8 Å². The van der Waals surface area contributed by atoms with Crippen molar-refractivity contribution in [2.24, 2.45) is 0 Å². The van der Waals surface area contributed by atoms with Crippen LogP contribution in [-0.2, 0) is 21.4 Å². The Kier molecular flexibility index (Phi) is 4.66. The summed E-state index contributed by atoms with van der Waals surface area (Å²) in [5, 5.41) is 10.4. The van der Waals surface area contributed by atoms with Crippen LogP contribution in [0.25, 0.3) is 0 Å². The van der Waals surface area contributed by atoms with Gasteiger partial charge < -0.3 is 5.32 Å². The first kappa shape index (κ1) is 15.9. The van der Waals surface area contributed by atoms with E-state index in [0.717, 1.165) is 21.9 Å². The van der Waals surface area contributed by atoms with Crippen molar-refractivity contribution in [1.82, 2.24) is 19.9 Å². The van der Waals surface area contributed by atoms with Crippen molar-refractivity contribution in [3.05, 3.63) is 15.6 Å². The second kappa shape index (κ2) is 6.13. The van der Waals surface area contributed by atoms with E-state index in [0.29, 0.717) is 5.01 Å². The zero-order chi connectivity index (χ0) is 15.6. The highest BCUT2D eigenvalue weighted by Crippen LogP contribution is 2.21. The number of sulfonamides is 1. The van der Waals surface area contributed by atoms with E-state index in [1.807, 2.05) is 13.8 Å². The zero-order valence-electron chi connectivity index (χ0n) is 11.5. The number of rotatable bonds is 5. The standard InChI is InChI=1S/C10H13N5O3S3/c1-5-6(2)19-8(12-5)4-11-21(17,18)10-15-14-9(20-10)13-7(3)16/h11H,4H2,1-3H3,(H,13,14,16). The Morgan fingerprint density at radius 3 is 2.52 bits per heavy atom. The molecule has 0 atom stereocenters. The van der Waals surface area contributed by atoms with Gasteiger partial charge in [0.2, 0.25) is 15.4 Å². The lowest BCUT2D eigenvalue weighted by atomic mass is 10.4. The molecule has 2 aromatic heterocycles. The third-order valence-electron chi connectivity index (χ3n) is 2.41. The van der Waals surface area contributed by atoms with Gasteiger partial charge in [-0.2, -0.15) is 0 Å². The van der Waals surface area contributed by atoms with E-state index in [1.54, 1.807) is 0 Å². The summed E-state index contributed by atoms with van der Waals surface area (Å²) in [6.07, 6.45) is 0. The second-order valence-electron chi connectivity index (χ2n) is 4.13. The minimum Gasteiger partial charge on any atom is -0.301 e. The molecule has 0 bridgehead atoms. The lowest BCUT2D eigenvalue weighted by Crippen LogP contribution is -2.23. The van der Waals surface area contributed by atoms with Crippen molar-refractivity contribution in [1.29, 1.82) is 0 Å². The zero-order valence-corrected chi connectivity index (χ0v) is 13.9. The Morgan fingerprint density at radius 1 is 1.24 bits per heavy atom. The van der Waals surface area contributed by atoms with Crippen molar-refractivity contribution in [3.8, 4) is 0 Å². The molecule has 114 valence electrons. The SMILES string of the molecule is CC(=O)Nc1nnc(S(=O)(=O)NCc2nc(C)c(C)s2)s1. The van der Waals surface area contributed by atoms with Gasteiger partial charge in [-0.25, -0.2) is 18.1 Å². The van der Waals surface area contributed by atoms with Gasteiger partial charge in [0.1, 0.15) is 5.01 Å². The summed E-state index contributed by atoms with van der Waals surface area (Å²) >= 11 is 2.23. The van der Waals surface area contributed by atoms with E-state index in [1.165, 1.54) is 18.3 Å². The number of amides is 1. The monoisotopic (exact) mass is 347 g/mol. The molecule has 0 aliphatic rings. The van der Waals surface area contributed by atoms with Crippen LogP contribution in [0.4, 0.5) is 5.13 Å². The number of hydrogen-bond acceptors (Lipinski definition) is 8. The Bertz CT molecular complexity index is 745. The highest BCUT2D eigenvalue weighted by Gasteiger charge is 2.21. The Morgan fingerprint density at radius 2 is 1.95 bits per heavy atom. The van der Waals surface area contributed by atoms with Crippen LogP contribution < -0.4 is 10.0 Å². The minimum atomic E-state index is -3.77. The predicted octanol–water partition coefficient (Wildman–Crippen LogP) is 1.05. The maximum atomic E-state index is 12.1. The molecule has 0 aliphatic carbocycles. The number of carbonyl (C=O) groups is 1. The van der Waals surface area contributed by atoms with Gasteiger partial charge in [0.05, 0.1) is 12.2 Å². The van der Waals surface area contributed by atoms with Gasteiger partial charge in [0.15, 0.2) is 0 Å². The molecule has 2 rings (SSSR count). The minimum absolute atomic E-state index is 0.0940. The van der Waals surface area contributed by atoms with Crippen molar-refractivity contribution < 1.29 is 13.2 Å². The fourth-order valence-corrected chi connectivity index (χ4v) is 4.29. The topological polar surface area (TPSA) is 114 Å². The van der Waals surface area contributed by atoms with E-state index in [2.05, 4.69) is 25.2 Å². The molecule has 2 aromatic rings. The molecule has 0 fully saturated rings. The largest absolute Gasteiger partial charge is 0.301 e. The third-order valence-corrected chi connectivity index (χ3v) is 6.09. The van der Waals surface area contributed by atoms with Crippen molar-refractivity contribution in [2.45, 2.75) is 31.7 Å². The van der Waals surface area contributed by atoms with Crippen LogP contribution in [0, 0.1) is 13.8 Å². The molecular weight excluding hydrogens is 334 g/mol. The molecule has 1 amide bonds. The van der Waals surface area contributed by atoms with Crippen LogP contribution in [-0.4, -0.2) is 29.5 Å². The van der Waals surface area contributed by atoms with Crippen LogP contribution in [0.15, 0.2) is 4.34 Å². The molecule has 0 aromatic carbocycles. The lowest BCUT2D eigenvalue weighted by Gasteiger charge is -2.00. The van der Waals surface area contributed by atoms with Gasteiger partial charge in [-0.3, -0.25) is 4.79 Å². The quantitative estimate of drug-likeness (QED) is 0.781. The van der Waals surface area contributed by atoms with Crippen molar-refractivity contribution >= 4 is 43.7 Å². The summed E-state index contributed by atoms with van der Waals surface area (Å²) in [5.74, 6) is -0.336. The summed E-state index contributed by atoms with van der Waals surface area (Å²) in [6.45, 7) is 5.20. The van der Waals surface area contributed by atoms with Crippen LogP contribution in [0.1, 0.15) is 22.5 Å². The molecule has 0 radical (unpaired) electrons. The van der Waals surface area contributed by atoms with Gasteiger partial charge in [-0.05, 0) is 13.8 Å². The molecular formula is C10H13N5O3S3. The molecule has 0 spiro atoms. The first-order valence-corrected chi connectivity index (χ1v) is 8.93. The van der Waals surface area contributed by atoms with Gasteiger partial charge in [-0.1, -0.05) is 11.3 Å². The van der Waals surface area contributed by atoms with Gasteiger partial charge >= 0.3 is 0 Å². The van der Waals surface area contributed by atoms with E-state index in [4.69, 9.17) is 0 Å². The Balaban J connectivity index is 2.07. The normalized spacial score (nSPS) is 11.6.